The molecule has 3 N–H and O–H groups in total. The first kappa shape index (κ1) is 15.7. The van der Waals surface area contributed by atoms with Gasteiger partial charge in [-0.25, -0.2) is 4.79 Å². The molecule has 0 radical (unpaired) electrons. The first-order valence-electron chi connectivity index (χ1n) is 5.73. The summed E-state index contributed by atoms with van der Waals surface area (Å²) in [6.07, 6.45) is 1.17. The summed E-state index contributed by atoms with van der Waals surface area (Å²) in [5.74, 6) is -1.29. The van der Waals surface area contributed by atoms with E-state index < -0.39 is 11.9 Å². The lowest BCUT2D eigenvalue weighted by molar-refractivity contribution is -0.141. The third kappa shape index (κ3) is 8.50. The molecule has 0 fully saturated rings. The van der Waals surface area contributed by atoms with Gasteiger partial charge in [0, 0.05) is 26.3 Å². The number of carboxylic acid groups (broad SMARTS) is 1. The van der Waals surface area contributed by atoms with Crippen LogP contribution < -0.4 is 10.6 Å². The lowest BCUT2D eigenvalue weighted by atomic mass is 10.1. The van der Waals surface area contributed by atoms with Crippen molar-refractivity contribution in [3.63, 3.8) is 0 Å². The Balaban J connectivity index is 3.62. The van der Waals surface area contributed by atoms with E-state index in [4.69, 9.17) is 9.84 Å². The number of amides is 2. The predicted molar refractivity (Wildman–Crippen MR) is 63.9 cm³/mol. The van der Waals surface area contributed by atoms with Crippen molar-refractivity contribution in [2.75, 3.05) is 20.3 Å². The van der Waals surface area contributed by atoms with Gasteiger partial charge in [0.2, 0.25) is 0 Å². The maximum absolute atomic E-state index is 11.4. The largest absolute Gasteiger partial charge is 0.481 e. The molecule has 0 aromatic heterocycles. The van der Waals surface area contributed by atoms with Crippen LogP contribution in [-0.4, -0.2) is 43.4 Å². The molecule has 0 aliphatic heterocycles. The van der Waals surface area contributed by atoms with E-state index in [-0.39, 0.29) is 12.1 Å². The fraction of sp³-hybridized carbons (Fsp3) is 0.818. The first-order chi connectivity index (χ1) is 7.97. The molecule has 17 heavy (non-hydrogen) atoms. The Morgan fingerprint density at radius 1 is 1.29 bits per heavy atom. The van der Waals surface area contributed by atoms with Gasteiger partial charge in [-0.05, 0) is 19.8 Å². The van der Waals surface area contributed by atoms with Gasteiger partial charge in [-0.2, -0.15) is 0 Å². The highest BCUT2D eigenvalue weighted by molar-refractivity contribution is 5.74. The fourth-order valence-corrected chi connectivity index (χ4v) is 1.17. The molecule has 100 valence electrons. The molecule has 6 nitrogen and oxygen atoms in total. The van der Waals surface area contributed by atoms with Crippen LogP contribution in [0.25, 0.3) is 0 Å². The minimum Gasteiger partial charge on any atom is -0.481 e. The van der Waals surface area contributed by atoms with Crippen molar-refractivity contribution < 1.29 is 19.4 Å². The lowest BCUT2D eigenvalue weighted by Crippen LogP contribution is -2.41. The molecule has 0 saturated heterocycles. The first-order valence-corrected chi connectivity index (χ1v) is 5.73. The second kappa shape index (κ2) is 8.81. The number of methoxy groups -OCH3 is 1. The van der Waals surface area contributed by atoms with Crippen LogP contribution >= 0.6 is 0 Å². The number of urea groups is 1. The zero-order valence-corrected chi connectivity index (χ0v) is 10.7. The van der Waals surface area contributed by atoms with Crippen molar-refractivity contribution in [2.24, 2.45) is 5.92 Å². The van der Waals surface area contributed by atoms with Crippen molar-refractivity contribution >= 4 is 12.0 Å². The van der Waals surface area contributed by atoms with E-state index in [2.05, 4.69) is 10.6 Å². The monoisotopic (exact) mass is 246 g/mol. The van der Waals surface area contributed by atoms with Crippen LogP contribution in [0.2, 0.25) is 0 Å². The number of hydrogen-bond donors (Lipinski definition) is 3. The Morgan fingerprint density at radius 2 is 1.94 bits per heavy atom. The standard InChI is InChI=1S/C11H22N2O4/c1-8(10(14)15)4-6-12-11(16)13-9(2)5-7-17-3/h8-9H,4-7H2,1-3H3,(H,14,15)(H2,12,13,16). The number of aliphatic carboxylic acids is 1. The molecule has 6 heteroatoms. The highest BCUT2D eigenvalue weighted by Crippen LogP contribution is 1.99. The normalized spacial score (nSPS) is 13.8. The van der Waals surface area contributed by atoms with Crippen molar-refractivity contribution in [1.82, 2.24) is 10.6 Å². The SMILES string of the molecule is COCCC(C)NC(=O)NCCC(C)C(=O)O. The van der Waals surface area contributed by atoms with Gasteiger partial charge < -0.3 is 20.5 Å². The van der Waals surface area contributed by atoms with Gasteiger partial charge in [0.15, 0.2) is 0 Å². The molecule has 0 saturated carbocycles. The maximum Gasteiger partial charge on any atom is 0.314 e. The van der Waals surface area contributed by atoms with Gasteiger partial charge in [0.1, 0.15) is 0 Å². The van der Waals surface area contributed by atoms with Crippen LogP contribution in [0.4, 0.5) is 4.79 Å². The summed E-state index contributed by atoms with van der Waals surface area (Å²) in [4.78, 5) is 21.9. The third-order valence-electron chi connectivity index (χ3n) is 2.42. The van der Waals surface area contributed by atoms with Crippen LogP contribution in [0.1, 0.15) is 26.7 Å². The molecule has 0 heterocycles. The summed E-state index contributed by atoms with van der Waals surface area (Å²) in [7, 11) is 1.61. The average molecular weight is 246 g/mol. The summed E-state index contributed by atoms with van der Waals surface area (Å²) >= 11 is 0. The van der Waals surface area contributed by atoms with Gasteiger partial charge in [-0.3, -0.25) is 4.79 Å². The molecule has 2 atom stereocenters. The van der Waals surface area contributed by atoms with E-state index in [0.29, 0.717) is 19.6 Å². The molecule has 0 aromatic rings. The topological polar surface area (TPSA) is 87.7 Å². The van der Waals surface area contributed by atoms with Gasteiger partial charge in [0.05, 0.1) is 5.92 Å². The molecule has 0 aliphatic carbocycles. The van der Waals surface area contributed by atoms with Crippen molar-refractivity contribution in [2.45, 2.75) is 32.7 Å². The Hall–Kier alpha value is -1.30. The molecular formula is C11H22N2O4. The van der Waals surface area contributed by atoms with Gasteiger partial charge in [-0.1, -0.05) is 6.92 Å². The van der Waals surface area contributed by atoms with Crippen LogP contribution in [0, 0.1) is 5.92 Å². The van der Waals surface area contributed by atoms with Gasteiger partial charge in [0.25, 0.3) is 0 Å². The minimum atomic E-state index is -0.847. The highest BCUT2D eigenvalue weighted by Gasteiger charge is 2.11. The van der Waals surface area contributed by atoms with Crippen LogP contribution in [-0.2, 0) is 9.53 Å². The molecule has 2 unspecified atom stereocenters. The third-order valence-corrected chi connectivity index (χ3v) is 2.42. The highest BCUT2D eigenvalue weighted by atomic mass is 16.5. The zero-order valence-electron chi connectivity index (χ0n) is 10.7. The fourth-order valence-electron chi connectivity index (χ4n) is 1.17. The molecule has 0 aromatic carbocycles. The summed E-state index contributed by atoms with van der Waals surface area (Å²) < 4.78 is 4.90. The Kier molecular flexibility index (Phi) is 8.13. The van der Waals surface area contributed by atoms with Crippen molar-refractivity contribution in [1.29, 1.82) is 0 Å². The Labute approximate surface area is 102 Å². The van der Waals surface area contributed by atoms with Crippen molar-refractivity contribution in [3.8, 4) is 0 Å². The smallest absolute Gasteiger partial charge is 0.314 e. The van der Waals surface area contributed by atoms with Crippen LogP contribution in [0.3, 0.4) is 0 Å². The molecule has 0 aliphatic rings. The molecule has 0 rings (SSSR count). The van der Waals surface area contributed by atoms with E-state index in [1.165, 1.54) is 0 Å². The molecule has 2 amide bonds. The number of carbonyl (C=O) groups is 2. The van der Waals surface area contributed by atoms with E-state index in [0.717, 1.165) is 6.42 Å². The number of ether oxygens (including phenoxy) is 1. The summed E-state index contributed by atoms with van der Waals surface area (Å²) in [5, 5.41) is 14.0. The minimum absolute atomic E-state index is 0.0341. The summed E-state index contributed by atoms with van der Waals surface area (Å²) in [5.41, 5.74) is 0. The summed E-state index contributed by atoms with van der Waals surface area (Å²) in [6, 6.07) is -0.238. The molecular weight excluding hydrogens is 224 g/mol. The zero-order chi connectivity index (χ0) is 13.3. The van der Waals surface area contributed by atoms with Crippen LogP contribution in [0.15, 0.2) is 0 Å². The Bertz CT molecular complexity index is 246. The second-order valence-corrected chi connectivity index (χ2v) is 4.11. The Morgan fingerprint density at radius 3 is 2.47 bits per heavy atom. The second-order valence-electron chi connectivity index (χ2n) is 4.11. The lowest BCUT2D eigenvalue weighted by Gasteiger charge is -2.14. The van der Waals surface area contributed by atoms with E-state index >= 15 is 0 Å². The molecule has 0 bridgehead atoms. The number of nitrogens with one attached hydrogen (secondary N) is 2. The van der Waals surface area contributed by atoms with E-state index in [9.17, 15) is 9.59 Å². The number of carboxylic acids is 1. The quantitative estimate of drug-likeness (QED) is 0.591. The maximum atomic E-state index is 11.4. The number of hydrogen-bond acceptors (Lipinski definition) is 3. The predicted octanol–water partition coefficient (Wildman–Crippen LogP) is 0.821. The molecule has 0 spiro atoms. The summed E-state index contributed by atoms with van der Waals surface area (Å²) in [6.45, 7) is 4.45. The van der Waals surface area contributed by atoms with E-state index in [1.54, 1.807) is 14.0 Å². The number of carbonyl (C=O) groups excluding carboxylic acids is 1. The number of rotatable bonds is 8. The average Bonchev–Trinajstić information content (AvgIpc) is 2.25. The van der Waals surface area contributed by atoms with Gasteiger partial charge >= 0.3 is 12.0 Å². The van der Waals surface area contributed by atoms with Crippen molar-refractivity contribution in [3.05, 3.63) is 0 Å². The van der Waals surface area contributed by atoms with Gasteiger partial charge in [-0.15, -0.1) is 0 Å². The van der Waals surface area contributed by atoms with Crippen LogP contribution in [0.5, 0.6) is 0 Å². The van der Waals surface area contributed by atoms with E-state index in [1.807, 2.05) is 6.92 Å².